The molecule has 0 aromatic carbocycles. The highest BCUT2D eigenvalue weighted by molar-refractivity contribution is 7.10. The molecule has 5 nitrogen and oxygen atoms in total. The van der Waals surface area contributed by atoms with Gasteiger partial charge in [0.15, 0.2) is 5.96 Å². The van der Waals surface area contributed by atoms with E-state index in [0.29, 0.717) is 6.04 Å². The summed E-state index contributed by atoms with van der Waals surface area (Å²) in [5.74, 6) is 0.856. The Bertz CT molecular complexity index is 692. The van der Waals surface area contributed by atoms with E-state index in [0.717, 1.165) is 45.4 Å². The Morgan fingerprint density at radius 2 is 1.93 bits per heavy atom. The largest absolute Gasteiger partial charge is 0.379 e. The van der Waals surface area contributed by atoms with Gasteiger partial charge in [0.1, 0.15) is 0 Å². The molecule has 2 aromatic rings. The first kappa shape index (κ1) is 20.3. The molecule has 1 atom stereocenters. The van der Waals surface area contributed by atoms with Crippen LogP contribution in [0.2, 0.25) is 0 Å². The van der Waals surface area contributed by atoms with Gasteiger partial charge in [0.25, 0.3) is 0 Å². The van der Waals surface area contributed by atoms with Gasteiger partial charge in [-0.15, -0.1) is 22.7 Å². The minimum absolute atomic E-state index is 0.0726. The third kappa shape index (κ3) is 5.54. The van der Waals surface area contributed by atoms with Crippen LogP contribution in [0, 0.1) is 0 Å². The highest BCUT2D eigenvalue weighted by atomic mass is 32.1. The van der Waals surface area contributed by atoms with Crippen molar-refractivity contribution in [2.45, 2.75) is 25.3 Å². The Labute approximate surface area is 170 Å². The van der Waals surface area contributed by atoms with Crippen molar-refractivity contribution in [3.63, 3.8) is 0 Å². The SMILES string of the molecule is CN=C(NCC(c1cccs1)N1CCOCC1)NCC(C)(C)c1cccs1. The zero-order valence-electron chi connectivity index (χ0n) is 16.4. The van der Waals surface area contributed by atoms with E-state index in [2.05, 4.69) is 69.4 Å². The molecule has 0 saturated carbocycles. The van der Waals surface area contributed by atoms with Crippen molar-refractivity contribution in [1.82, 2.24) is 15.5 Å². The third-order valence-corrected chi connectivity index (χ3v) is 7.14. The smallest absolute Gasteiger partial charge is 0.191 e. The Kier molecular flexibility index (Phi) is 7.29. The lowest BCUT2D eigenvalue weighted by molar-refractivity contribution is 0.0177. The van der Waals surface area contributed by atoms with Gasteiger partial charge < -0.3 is 15.4 Å². The van der Waals surface area contributed by atoms with Crippen molar-refractivity contribution in [3.8, 4) is 0 Å². The van der Waals surface area contributed by atoms with Crippen molar-refractivity contribution in [3.05, 3.63) is 44.8 Å². The molecule has 0 bridgehead atoms. The molecular formula is C20H30N4OS2. The molecule has 3 rings (SSSR count). The molecule has 1 aliphatic heterocycles. The standard InChI is InChI=1S/C20H30N4OS2/c1-20(2,18-7-5-13-27-18)15-23-19(21-3)22-14-16(17-6-4-12-26-17)24-8-10-25-11-9-24/h4-7,12-13,16H,8-11,14-15H2,1-3H3,(H2,21,22,23). The fourth-order valence-electron chi connectivity index (χ4n) is 3.25. The van der Waals surface area contributed by atoms with E-state index < -0.39 is 0 Å². The predicted octanol–water partition coefficient (Wildman–Crippen LogP) is 3.33. The lowest BCUT2D eigenvalue weighted by Gasteiger charge is -2.34. The average Bonchev–Trinajstić information content (AvgIpc) is 3.39. The number of morpholine rings is 1. The normalized spacial score (nSPS) is 17.7. The highest BCUT2D eigenvalue weighted by Crippen LogP contribution is 2.27. The van der Waals surface area contributed by atoms with Crippen LogP contribution in [0.15, 0.2) is 40.0 Å². The molecule has 27 heavy (non-hydrogen) atoms. The zero-order chi connectivity index (χ0) is 19.1. The number of rotatable bonds is 7. The van der Waals surface area contributed by atoms with E-state index in [1.54, 1.807) is 0 Å². The molecular weight excluding hydrogens is 376 g/mol. The van der Waals surface area contributed by atoms with E-state index in [1.165, 1.54) is 9.75 Å². The number of guanidine groups is 1. The van der Waals surface area contributed by atoms with Gasteiger partial charge in [-0.05, 0) is 22.9 Å². The van der Waals surface area contributed by atoms with Gasteiger partial charge in [0.05, 0.1) is 19.3 Å². The second-order valence-corrected chi connectivity index (χ2v) is 9.27. The van der Waals surface area contributed by atoms with Crippen LogP contribution in [0.5, 0.6) is 0 Å². The first-order chi connectivity index (χ1) is 13.1. The summed E-state index contributed by atoms with van der Waals surface area (Å²) in [7, 11) is 1.84. The second-order valence-electron chi connectivity index (χ2n) is 7.35. The first-order valence-corrected chi connectivity index (χ1v) is 11.2. The third-order valence-electron chi connectivity index (χ3n) is 4.93. The first-order valence-electron chi connectivity index (χ1n) is 9.44. The summed E-state index contributed by atoms with van der Waals surface area (Å²) >= 11 is 3.63. The van der Waals surface area contributed by atoms with Crippen molar-refractivity contribution in [1.29, 1.82) is 0 Å². The Balaban J connectivity index is 1.58. The number of nitrogens with one attached hydrogen (secondary N) is 2. The van der Waals surface area contributed by atoms with Gasteiger partial charge in [-0.3, -0.25) is 9.89 Å². The number of hydrogen-bond acceptors (Lipinski definition) is 5. The van der Waals surface area contributed by atoms with E-state index in [-0.39, 0.29) is 5.41 Å². The van der Waals surface area contributed by atoms with E-state index in [4.69, 9.17) is 4.74 Å². The van der Waals surface area contributed by atoms with Crippen molar-refractivity contribution >= 4 is 28.6 Å². The Morgan fingerprint density at radius 3 is 2.56 bits per heavy atom. The summed E-state index contributed by atoms with van der Waals surface area (Å²) in [5, 5.41) is 11.3. The molecule has 1 aliphatic rings. The fraction of sp³-hybridized carbons (Fsp3) is 0.550. The monoisotopic (exact) mass is 406 g/mol. The van der Waals surface area contributed by atoms with Gasteiger partial charge in [-0.2, -0.15) is 0 Å². The van der Waals surface area contributed by atoms with Crippen LogP contribution in [0.25, 0.3) is 0 Å². The maximum Gasteiger partial charge on any atom is 0.191 e. The van der Waals surface area contributed by atoms with E-state index >= 15 is 0 Å². The molecule has 148 valence electrons. The maximum atomic E-state index is 5.53. The number of aliphatic imine (C=N–C) groups is 1. The lowest BCUT2D eigenvalue weighted by Crippen LogP contribution is -2.47. The molecule has 0 aliphatic carbocycles. The molecule has 2 N–H and O–H groups in total. The fourth-order valence-corrected chi connectivity index (χ4v) is 4.96. The summed E-state index contributed by atoms with van der Waals surface area (Å²) in [5.41, 5.74) is 0.0726. The molecule has 1 unspecified atom stereocenters. The minimum atomic E-state index is 0.0726. The Morgan fingerprint density at radius 1 is 1.19 bits per heavy atom. The molecule has 0 amide bonds. The quantitative estimate of drug-likeness (QED) is 0.547. The van der Waals surface area contributed by atoms with E-state index in [9.17, 15) is 0 Å². The van der Waals surface area contributed by atoms with Gasteiger partial charge in [0, 0.05) is 48.4 Å². The number of hydrogen-bond donors (Lipinski definition) is 2. The number of thiophene rings is 2. The zero-order valence-corrected chi connectivity index (χ0v) is 18.0. The average molecular weight is 407 g/mol. The van der Waals surface area contributed by atoms with Crippen LogP contribution in [0.4, 0.5) is 0 Å². The maximum absolute atomic E-state index is 5.53. The lowest BCUT2D eigenvalue weighted by atomic mass is 9.91. The van der Waals surface area contributed by atoms with E-state index in [1.807, 2.05) is 29.7 Å². The van der Waals surface area contributed by atoms with Crippen LogP contribution >= 0.6 is 22.7 Å². The van der Waals surface area contributed by atoms with Crippen LogP contribution in [-0.2, 0) is 10.2 Å². The molecule has 3 heterocycles. The topological polar surface area (TPSA) is 48.9 Å². The van der Waals surface area contributed by atoms with Gasteiger partial charge in [0.2, 0.25) is 0 Å². The van der Waals surface area contributed by atoms with Crippen LogP contribution in [0.3, 0.4) is 0 Å². The van der Waals surface area contributed by atoms with Gasteiger partial charge in [-0.1, -0.05) is 26.0 Å². The molecule has 1 saturated heterocycles. The van der Waals surface area contributed by atoms with Crippen molar-refractivity contribution in [2.24, 2.45) is 4.99 Å². The van der Waals surface area contributed by atoms with Crippen LogP contribution in [0.1, 0.15) is 29.6 Å². The van der Waals surface area contributed by atoms with Crippen LogP contribution in [-0.4, -0.2) is 57.3 Å². The van der Waals surface area contributed by atoms with Crippen molar-refractivity contribution in [2.75, 3.05) is 46.4 Å². The highest BCUT2D eigenvalue weighted by Gasteiger charge is 2.25. The summed E-state index contributed by atoms with van der Waals surface area (Å²) in [6.45, 7) is 9.77. The van der Waals surface area contributed by atoms with Crippen LogP contribution < -0.4 is 10.6 Å². The Hall–Kier alpha value is -1.41. The van der Waals surface area contributed by atoms with Gasteiger partial charge >= 0.3 is 0 Å². The minimum Gasteiger partial charge on any atom is -0.379 e. The molecule has 1 fully saturated rings. The number of nitrogens with zero attached hydrogens (tertiary/aromatic N) is 2. The van der Waals surface area contributed by atoms with Gasteiger partial charge in [-0.25, -0.2) is 0 Å². The summed E-state index contributed by atoms with van der Waals surface area (Å²) in [6, 6.07) is 9.01. The molecule has 2 aromatic heterocycles. The summed E-state index contributed by atoms with van der Waals surface area (Å²) in [4.78, 5) is 9.71. The van der Waals surface area contributed by atoms with Crippen molar-refractivity contribution < 1.29 is 4.74 Å². The second kappa shape index (κ2) is 9.68. The molecule has 0 spiro atoms. The summed E-state index contributed by atoms with van der Waals surface area (Å²) in [6.07, 6.45) is 0. The predicted molar refractivity (Wildman–Crippen MR) is 116 cm³/mol. The molecule has 7 heteroatoms. The molecule has 0 radical (unpaired) electrons. The summed E-state index contributed by atoms with van der Waals surface area (Å²) < 4.78 is 5.53. The number of ether oxygens (including phenoxy) is 1.